The lowest BCUT2D eigenvalue weighted by molar-refractivity contribution is -0.139. The molecule has 0 heterocycles. The average Bonchev–Trinajstić information content (AvgIpc) is 2.82. The van der Waals surface area contributed by atoms with Gasteiger partial charge in [0.25, 0.3) is 11.8 Å². The van der Waals surface area contributed by atoms with Gasteiger partial charge in [0.1, 0.15) is 11.6 Å². The molecule has 0 aliphatic carbocycles. The van der Waals surface area contributed by atoms with E-state index < -0.39 is 54.5 Å². The van der Waals surface area contributed by atoms with Crippen molar-refractivity contribution in [1.29, 1.82) is 5.41 Å². The number of anilines is 1. The highest BCUT2D eigenvalue weighted by molar-refractivity contribution is 9.10. The molecule has 2 aromatic carbocycles. The van der Waals surface area contributed by atoms with Gasteiger partial charge in [-0.1, -0.05) is 45.2 Å². The topological polar surface area (TPSA) is 199 Å². The molecule has 1 atom stereocenters. The van der Waals surface area contributed by atoms with Crippen LogP contribution in [0.4, 0.5) is 10.5 Å². The largest absolute Gasteiger partial charge is 0.480 e. The van der Waals surface area contributed by atoms with Crippen LogP contribution in [0, 0.1) is 5.41 Å². The Morgan fingerprint density at radius 3 is 2.24 bits per heavy atom. The summed E-state index contributed by atoms with van der Waals surface area (Å²) in [4.78, 5) is 60.7. The standard InChI is InChI=1S/C25H27BrCl2N6O7/c1-25(2,3)41-24(40)34-23(29)32-14-6-4-5-12(7-14)20(36)31-11-18(35)30-10-17(22(38)39)33-21(37)19-15(27)8-13(26)9-16(19)28/h4-9,17H,10-11H2,1-3H3,(H,30,35)(H,31,36)(H,33,37)(H,38,39)(H3,29,32,34,40). The van der Waals surface area contributed by atoms with Gasteiger partial charge >= 0.3 is 12.1 Å². The van der Waals surface area contributed by atoms with Crippen molar-refractivity contribution in [3.8, 4) is 0 Å². The van der Waals surface area contributed by atoms with Crippen LogP contribution < -0.4 is 26.6 Å². The molecule has 0 spiro atoms. The summed E-state index contributed by atoms with van der Waals surface area (Å²) >= 11 is 15.3. The number of rotatable bonds is 9. The lowest BCUT2D eigenvalue weighted by Crippen LogP contribution is -2.50. The second-order valence-electron chi connectivity index (χ2n) is 9.30. The molecule has 0 saturated heterocycles. The SMILES string of the molecule is CC(C)(C)OC(=O)NC(=N)Nc1cccc(C(=O)NCC(=O)NCC(NC(=O)c2c(Cl)cc(Br)cc2Cl)C(=O)O)c1. The number of hydrogen-bond donors (Lipinski definition) is 7. The fraction of sp³-hybridized carbons (Fsp3) is 0.280. The Morgan fingerprint density at radius 1 is 1.02 bits per heavy atom. The van der Waals surface area contributed by atoms with Gasteiger partial charge in [-0.2, -0.15) is 0 Å². The summed E-state index contributed by atoms with van der Waals surface area (Å²) < 4.78 is 5.58. The molecule has 1 unspecified atom stereocenters. The molecular weight excluding hydrogens is 647 g/mol. The molecule has 220 valence electrons. The van der Waals surface area contributed by atoms with Gasteiger partial charge in [-0.05, 0) is 51.1 Å². The number of aliphatic carboxylic acids is 1. The smallest absolute Gasteiger partial charge is 0.414 e. The first-order valence-corrected chi connectivity index (χ1v) is 13.3. The first-order valence-electron chi connectivity index (χ1n) is 11.7. The molecule has 0 bridgehead atoms. The number of nitrogens with one attached hydrogen (secondary N) is 6. The Labute approximate surface area is 253 Å². The number of carbonyl (C=O) groups excluding carboxylic acids is 4. The summed E-state index contributed by atoms with van der Waals surface area (Å²) in [6.07, 6.45) is -0.833. The molecule has 41 heavy (non-hydrogen) atoms. The number of carboxylic acids is 1. The molecule has 0 aliphatic heterocycles. The molecule has 7 N–H and O–H groups in total. The van der Waals surface area contributed by atoms with E-state index in [1.165, 1.54) is 30.3 Å². The van der Waals surface area contributed by atoms with Crippen molar-refractivity contribution in [2.24, 2.45) is 0 Å². The van der Waals surface area contributed by atoms with Crippen molar-refractivity contribution >= 4 is 80.6 Å². The quantitative estimate of drug-likeness (QED) is 0.155. The van der Waals surface area contributed by atoms with Crippen LogP contribution in [0.5, 0.6) is 0 Å². The van der Waals surface area contributed by atoms with Gasteiger partial charge in [0, 0.05) is 22.3 Å². The van der Waals surface area contributed by atoms with Crippen LogP contribution in [0.15, 0.2) is 40.9 Å². The molecule has 0 aromatic heterocycles. The third kappa shape index (κ3) is 11.3. The van der Waals surface area contributed by atoms with E-state index in [4.69, 9.17) is 33.3 Å². The molecule has 2 rings (SSSR count). The van der Waals surface area contributed by atoms with E-state index in [-0.39, 0.29) is 27.1 Å². The maximum absolute atomic E-state index is 12.6. The number of guanidine groups is 1. The number of hydrogen-bond acceptors (Lipinski definition) is 7. The van der Waals surface area contributed by atoms with Gasteiger partial charge in [-0.3, -0.25) is 25.1 Å². The van der Waals surface area contributed by atoms with E-state index in [0.29, 0.717) is 10.2 Å². The molecule has 16 heteroatoms. The summed E-state index contributed by atoms with van der Waals surface area (Å²) in [5.41, 5.74) is -0.449. The zero-order valence-electron chi connectivity index (χ0n) is 22.0. The zero-order chi connectivity index (χ0) is 30.9. The molecule has 0 aliphatic rings. The average molecular weight is 674 g/mol. The maximum atomic E-state index is 12.6. The number of carboxylic acid groups (broad SMARTS) is 1. The number of benzene rings is 2. The van der Waals surface area contributed by atoms with Gasteiger partial charge in [0.2, 0.25) is 11.9 Å². The van der Waals surface area contributed by atoms with Gasteiger partial charge in [0.05, 0.1) is 22.2 Å². The van der Waals surface area contributed by atoms with Crippen LogP contribution >= 0.6 is 39.1 Å². The lowest BCUT2D eigenvalue weighted by Gasteiger charge is -2.20. The monoisotopic (exact) mass is 672 g/mol. The first-order chi connectivity index (χ1) is 19.1. The summed E-state index contributed by atoms with van der Waals surface area (Å²) in [5, 5.41) is 29.1. The van der Waals surface area contributed by atoms with Crippen LogP contribution in [-0.2, 0) is 14.3 Å². The second kappa shape index (κ2) is 14.7. The van der Waals surface area contributed by atoms with E-state index in [1.807, 2.05) is 0 Å². The molecule has 2 aromatic rings. The predicted octanol–water partition coefficient (Wildman–Crippen LogP) is 3.36. The minimum Gasteiger partial charge on any atom is -0.480 e. The summed E-state index contributed by atoms with van der Waals surface area (Å²) in [7, 11) is 0. The Balaban J connectivity index is 1.89. The number of amides is 4. The first kappa shape index (κ1) is 33.3. The minimum absolute atomic E-state index is 0.00632. The van der Waals surface area contributed by atoms with E-state index in [9.17, 15) is 29.1 Å². The zero-order valence-corrected chi connectivity index (χ0v) is 25.1. The lowest BCUT2D eigenvalue weighted by atomic mass is 10.2. The summed E-state index contributed by atoms with van der Waals surface area (Å²) in [6.45, 7) is 4.02. The number of carbonyl (C=O) groups is 5. The summed E-state index contributed by atoms with van der Waals surface area (Å²) in [5.74, 6) is -4.04. The summed E-state index contributed by atoms with van der Waals surface area (Å²) in [6, 6.07) is 7.21. The second-order valence-corrected chi connectivity index (χ2v) is 11.0. The van der Waals surface area contributed by atoms with Crippen LogP contribution in [0.25, 0.3) is 0 Å². The van der Waals surface area contributed by atoms with Crippen molar-refractivity contribution in [3.63, 3.8) is 0 Å². The van der Waals surface area contributed by atoms with Crippen molar-refractivity contribution in [2.75, 3.05) is 18.4 Å². The van der Waals surface area contributed by atoms with E-state index in [2.05, 4.69) is 42.5 Å². The predicted molar refractivity (Wildman–Crippen MR) is 156 cm³/mol. The third-order valence-corrected chi connectivity index (χ3v) is 5.82. The Morgan fingerprint density at radius 2 is 1.66 bits per heavy atom. The fourth-order valence-electron chi connectivity index (χ4n) is 3.05. The van der Waals surface area contributed by atoms with Crippen LogP contribution in [0.1, 0.15) is 41.5 Å². The highest BCUT2D eigenvalue weighted by Crippen LogP contribution is 2.29. The molecule has 4 amide bonds. The van der Waals surface area contributed by atoms with Gasteiger partial charge in [-0.15, -0.1) is 0 Å². The fourth-order valence-corrected chi connectivity index (χ4v) is 4.43. The van der Waals surface area contributed by atoms with Crippen molar-refractivity contribution in [2.45, 2.75) is 32.4 Å². The molecular formula is C25H27BrCl2N6O7. The van der Waals surface area contributed by atoms with Crippen molar-refractivity contribution in [1.82, 2.24) is 21.3 Å². The normalized spacial score (nSPS) is 11.5. The Hall–Kier alpha value is -3.88. The molecule has 13 nitrogen and oxygen atoms in total. The van der Waals surface area contributed by atoms with Gasteiger partial charge in [0.15, 0.2) is 0 Å². The number of alkyl carbamates (subject to hydrolysis) is 1. The highest BCUT2D eigenvalue weighted by Gasteiger charge is 2.24. The van der Waals surface area contributed by atoms with Gasteiger partial charge < -0.3 is 31.1 Å². The molecule has 0 fully saturated rings. The third-order valence-electron chi connectivity index (χ3n) is 4.77. The maximum Gasteiger partial charge on any atom is 0.414 e. The molecule has 0 radical (unpaired) electrons. The minimum atomic E-state index is -1.52. The number of ether oxygens (including phenoxy) is 1. The van der Waals surface area contributed by atoms with Crippen LogP contribution in [0.3, 0.4) is 0 Å². The van der Waals surface area contributed by atoms with Gasteiger partial charge in [-0.25, -0.2) is 9.59 Å². The van der Waals surface area contributed by atoms with Crippen molar-refractivity contribution in [3.05, 3.63) is 62.0 Å². The Kier molecular flexibility index (Phi) is 11.9. The molecule has 0 saturated carbocycles. The number of halogens is 3. The van der Waals surface area contributed by atoms with E-state index in [1.54, 1.807) is 26.8 Å². The van der Waals surface area contributed by atoms with E-state index in [0.717, 1.165) is 0 Å². The Bertz CT molecular complexity index is 1340. The van der Waals surface area contributed by atoms with Crippen LogP contribution in [0.2, 0.25) is 10.0 Å². The van der Waals surface area contributed by atoms with E-state index >= 15 is 0 Å². The van der Waals surface area contributed by atoms with Crippen LogP contribution in [-0.4, -0.2) is 65.6 Å². The highest BCUT2D eigenvalue weighted by atomic mass is 79.9. The van der Waals surface area contributed by atoms with Crippen molar-refractivity contribution < 1.29 is 33.8 Å².